The molecule has 7 rings (SSSR count). The van der Waals surface area contributed by atoms with Gasteiger partial charge in [-0.15, -0.1) is 0 Å². The molecule has 180 valence electrons. The highest BCUT2D eigenvalue weighted by Crippen LogP contribution is 2.39. The molecule has 8 nitrogen and oxygen atoms in total. The number of benzene rings is 2. The molecular formula is C28H23N3O5. The Balaban J connectivity index is 1.06. The van der Waals surface area contributed by atoms with Crippen molar-refractivity contribution in [2.45, 2.75) is 25.7 Å². The predicted octanol–water partition coefficient (Wildman–Crippen LogP) is 4.92. The minimum atomic E-state index is -0.0184. The Morgan fingerprint density at radius 1 is 0.972 bits per heavy atom. The molecule has 36 heavy (non-hydrogen) atoms. The average Bonchev–Trinajstić information content (AvgIpc) is 3.58. The van der Waals surface area contributed by atoms with Crippen LogP contribution in [-0.2, 0) is 17.6 Å². The van der Waals surface area contributed by atoms with Crippen molar-refractivity contribution in [3.63, 3.8) is 0 Å². The normalized spacial score (nSPS) is 19.4. The third-order valence-corrected chi connectivity index (χ3v) is 7.01. The van der Waals surface area contributed by atoms with Gasteiger partial charge < -0.3 is 24.3 Å². The Morgan fingerprint density at radius 3 is 2.86 bits per heavy atom. The van der Waals surface area contributed by atoms with Crippen molar-refractivity contribution in [3.8, 4) is 28.7 Å². The standard InChI is InChI=1S/C28H23N3O5/c32-27-6-3-21-24(7-8-29-28(21)31-27)36-20-2-5-23-17(10-20)9-19(14-33-23)22-11-18(13-30-22)16-1-4-25-26(12-16)35-15-34-25/h1-2,4-5,7-8,10,12-13,19H,3,6,9,11,14-15H2,(H,29,31,32). The first-order valence-electron chi connectivity index (χ1n) is 12.1. The van der Waals surface area contributed by atoms with Crippen molar-refractivity contribution < 1.29 is 23.7 Å². The second-order valence-electron chi connectivity index (χ2n) is 9.29. The van der Waals surface area contributed by atoms with Crippen LogP contribution in [0.5, 0.6) is 28.7 Å². The number of nitrogens with zero attached hydrogens (tertiary/aromatic N) is 2. The van der Waals surface area contributed by atoms with Gasteiger partial charge in [0.25, 0.3) is 0 Å². The number of carbonyl (C=O) groups excluding carboxylic acids is 1. The Kier molecular flexibility index (Phi) is 4.90. The number of hydrogen-bond donors (Lipinski definition) is 1. The van der Waals surface area contributed by atoms with Gasteiger partial charge in [-0.3, -0.25) is 9.79 Å². The average molecular weight is 482 g/mol. The van der Waals surface area contributed by atoms with Crippen LogP contribution in [-0.4, -0.2) is 30.0 Å². The van der Waals surface area contributed by atoms with Crippen LogP contribution in [0.1, 0.15) is 29.5 Å². The number of hydrogen-bond acceptors (Lipinski definition) is 7. The summed E-state index contributed by atoms with van der Waals surface area (Å²) >= 11 is 0. The van der Waals surface area contributed by atoms with Crippen molar-refractivity contribution in [1.82, 2.24) is 4.98 Å². The Hall–Kier alpha value is -4.33. The highest BCUT2D eigenvalue weighted by atomic mass is 16.7. The molecule has 1 atom stereocenters. The summed E-state index contributed by atoms with van der Waals surface area (Å²) in [7, 11) is 0. The Bertz CT molecular complexity index is 1460. The first kappa shape index (κ1) is 21.0. The maximum atomic E-state index is 11.7. The number of carbonyl (C=O) groups is 1. The van der Waals surface area contributed by atoms with Crippen LogP contribution >= 0.6 is 0 Å². The molecule has 4 aliphatic heterocycles. The minimum absolute atomic E-state index is 0.0184. The fourth-order valence-corrected chi connectivity index (χ4v) is 5.10. The van der Waals surface area contributed by atoms with Crippen molar-refractivity contribution in [2.75, 3.05) is 18.7 Å². The third-order valence-electron chi connectivity index (χ3n) is 7.01. The summed E-state index contributed by atoms with van der Waals surface area (Å²) in [6.45, 7) is 0.871. The lowest BCUT2D eigenvalue weighted by molar-refractivity contribution is -0.116. The number of amides is 1. The monoisotopic (exact) mass is 481 g/mol. The maximum absolute atomic E-state index is 11.7. The van der Waals surface area contributed by atoms with Crippen LogP contribution in [0.15, 0.2) is 59.9 Å². The van der Waals surface area contributed by atoms with Gasteiger partial charge >= 0.3 is 0 Å². The second-order valence-corrected chi connectivity index (χ2v) is 9.29. The molecule has 0 saturated carbocycles. The number of aromatic nitrogens is 1. The topological polar surface area (TPSA) is 91.3 Å². The molecule has 1 aromatic heterocycles. The Labute approximate surface area is 207 Å². The van der Waals surface area contributed by atoms with E-state index in [4.69, 9.17) is 23.9 Å². The second kappa shape index (κ2) is 8.41. The number of pyridine rings is 1. The molecule has 2 aromatic carbocycles. The summed E-state index contributed by atoms with van der Waals surface area (Å²) < 4.78 is 23.3. The first-order chi connectivity index (χ1) is 17.7. The van der Waals surface area contributed by atoms with Gasteiger partial charge in [0.2, 0.25) is 12.7 Å². The van der Waals surface area contributed by atoms with Gasteiger partial charge in [0, 0.05) is 42.4 Å². The third kappa shape index (κ3) is 3.75. The number of nitrogens with one attached hydrogen (secondary N) is 1. The molecule has 1 unspecified atom stereocenters. The van der Waals surface area contributed by atoms with E-state index in [1.807, 2.05) is 42.6 Å². The molecule has 0 fully saturated rings. The van der Waals surface area contributed by atoms with Gasteiger partial charge in [0.15, 0.2) is 11.5 Å². The lowest BCUT2D eigenvalue weighted by Gasteiger charge is -2.26. The molecule has 4 aliphatic rings. The zero-order valence-corrected chi connectivity index (χ0v) is 19.5. The largest absolute Gasteiger partial charge is 0.493 e. The van der Waals surface area contributed by atoms with Gasteiger partial charge in [-0.05, 0) is 65.9 Å². The number of anilines is 1. The number of ether oxygens (including phenoxy) is 4. The smallest absolute Gasteiger partial charge is 0.231 e. The van der Waals surface area contributed by atoms with Gasteiger partial charge in [-0.1, -0.05) is 6.07 Å². The summed E-state index contributed by atoms with van der Waals surface area (Å²) in [5.74, 6) is 4.64. The summed E-state index contributed by atoms with van der Waals surface area (Å²) in [5, 5.41) is 2.82. The van der Waals surface area contributed by atoms with E-state index in [1.165, 1.54) is 5.57 Å². The predicted molar refractivity (Wildman–Crippen MR) is 133 cm³/mol. The fraction of sp³-hybridized carbons (Fsp3) is 0.250. The summed E-state index contributed by atoms with van der Waals surface area (Å²) in [6, 6.07) is 13.8. The van der Waals surface area contributed by atoms with E-state index in [0.29, 0.717) is 31.0 Å². The SMILES string of the molecule is O=C1CCc2c(Oc3ccc4c(c3)CC(C3=NC=C(c5ccc6c(c5)OCO6)C3)CO4)ccnc2N1. The van der Waals surface area contributed by atoms with Gasteiger partial charge in [0.05, 0.1) is 6.61 Å². The molecule has 0 saturated heterocycles. The summed E-state index contributed by atoms with van der Waals surface area (Å²) in [5.41, 5.74) is 5.41. The van der Waals surface area contributed by atoms with E-state index in [-0.39, 0.29) is 18.6 Å². The first-order valence-corrected chi connectivity index (χ1v) is 12.1. The number of aliphatic imine (C=N–C) groups is 1. The van der Waals surface area contributed by atoms with E-state index in [2.05, 4.69) is 16.4 Å². The lowest BCUT2D eigenvalue weighted by atomic mass is 9.89. The van der Waals surface area contributed by atoms with E-state index < -0.39 is 0 Å². The minimum Gasteiger partial charge on any atom is -0.493 e. The van der Waals surface area contributed by atoms with Crippen molar-refractivity contribution in [2.24, 2.45) is 10.9 Å². The highest BCUT2D eigenvalue weighted by Gasteiger charge is 2.28. The summed E-state index contributed by atoms with van der Waals surface area (Å²) in [4.78, 5) is 20.7. The maximum Gasteiger partial charge on any atom is 0.231 e. The van der Waals surface area contributed by atoms with Crippen LogP contribution in [0.4, 0.5) is 5.82 Å². The van der Waals surface area contributed by atoms with Crippen LogP contribution < -0.4 is 24.3 Å². The molecule has 0 aliphatic carbocycles. The van der Waals surface area contributed by atoms with Crippen molar-refractivity contribution in [3.05, 3.63) is 71.6 Å². The molecule has 3 aromatic rings. The van der Waals surface area contributed by atoms with E-state index >= 15 is 0 Å². The molecule has 1 N–H and O–H groups in total. The van der Waals surface area contributed by atoms with Crippen LogP contribution in [0.25, 0.3) is 5.57 Å². The van der Waals surface area contributed by atoms with Gasteiger partial charge in [0.1, 0.15) is 23.1 Å². The van der Waals surface area contributed by atoms with Crippen molar-refractivity contribution in [1.29, 1.82) is 0 Å². The van der Waals surface area contributed by atoms with E-state index in [1.54, 1.807) is 6.20 Å². The van der Waals surface area contributed by atoms with Gasteiger partial charge in [-0.25, -0.2) is 4.98 Å². The fourth-order valence-electron chi connectivity index (χ4n) is 5.10. The molecule has 1 amide bonds. The molecule has 0 radical (unpaired) electrons. The quantitative estimate of drug-likeness (QED) is 0.569. The summed E-state index contributed by atoms with van der Waals surface area (Å²) in [6.07, 6.45) is 6.26. The molecule has 5 heterocycles. The van der Waals surface area contributed by atoms with Crippen molar-refractivity contribution >= 4 is 23.0 Å². The van der Waals surface area contributed by atoms with Crippen LogP contribution in [0.3, 0.4) is 0 Å². The molecule has 0 spiro atoms. The van der Waals surface area contributed by atoms with Crippen LogP contribution in [0.2, 0.25) is 0 Å². The number of rotatable bonds is 4. The van der Waals surface area contributed by atoms with Crippen LogP contribution in [0, 0.1) is 5.92 Å². The van der Waals surface area contributed by atoms with Gasteiger partial charge in [-0.2, -0.15) is 0 Å². The molecular weight excluding hydrogens is 458 g/mol. The zero-order chi connectivity index (χ0) is 24.1. The lowest BCUT2D eigenvalue weighted by Crippen LogP contribution is -2.27. The van der Waals surface area contributed by atoms with E-state index in [0.717, 1.165) is 58.2 Å². The highest BCUT2D eigenvalue weighted by molar-refractivity contribution is 6.00. The molecule has 0 bridgehead atoms. The Morgan fingerprint density at radius 2 is 1.89 bits per heavy atom. The van der Waals surface area contributed by atoms with E-state index in [9.17, 15) is 4.79 Å². The number of fused-ring (bicyclic) bond motifs is 3. The number of allylic oxidation sites excluding steroid dienone is 1. The molecule has 8 heteroatoms. The zero-order valence-electron chi connectivity index (χ0n) is 19.5.